The summed E-state index contributed by atoms with van der Waals surface area (Å²) in [6.45, 7) is 5.58. The zero-order valence-corrected chi connectivity index (χ0v) is 15.5. The maximum Gasteiger partial charge on any atom is 0.347 e. The number of aromatic carboxylic acids is 1. The molecular formula is C19H16ClNO3S. The number of aromatic nitrogens is 1. The van der Waals surface area contributed by atoms with E-state index < -0.39 is 5.97 Å². The zero-order valence-electron chi connectivity index (χ0n) is 14.0. The van der Waals surface area contributed by atoms with E-state index in [2.05, 4.69) is 4.98 Å². The van der Waals surface area contributed by atoms with Crippen molar-refractivity contribution in [2.75, 3.05) is 0 Å². The molecule has 0 aliphatic carbocycles. The van der Waals surface area contributed by atoms with E-state index in [1.54, 1.807) is 6.92 Å². The van der Waals surface area contributed by atoms with E-state index in [9.17, 15) is 4.79 Å². The molecule has 2 aromatic carbocycles. The van der Waals surface area contributed by atoms with Gasteiger partial charge in [0, 0.05) is 10.6 Å². The predicted octanol–water partition coefficient (Wildman–Crippen LogP) is 5.88. The highest BCUT2D eigenvalue weighted by Gasteiger charge is 2.15. The van der Waals surface area contributed by atoms with Crippen LogP contribution in [0.1, 0.15) is 26.5 Å². The first-order valence-corrected chi connectivity index (χ1v) is 8.80. The van der Waals surface area contributed by atoms with Crippen LogP contribution in [0.15, 0.2) is 36.4 Å². The summed E-state index contributed by atoms with van der Waals surface area (Å²) < 4.78 is 5.88. The number of thiazole rings is 1. The van der Waals surface area contributed by atoms with Crippen molar-refractivity contribution in [2.24, 2.45) is 0 Å². The monoisotopic (exact) mass is 373 g/mol. The van der Waals surface area contributed by atoms with Crippen LogP contribution in [0.3, 0.4) is 0 Å². The molecule has 25 heavy (non-hydrogen) atoms. The number of hydrogen-bond acceptors (Lipinski definition) is 4. The molecule has 0 saturated heterocycles. The molecule has 6 heteroatoms. The molecule has 128 valence electrons. The third-order valence-electron chi connectivity index (χ3n) is 3.74. The van der Waals surface area contributed by atoms with Gasteiger partial charge in [0.2, 0.25) is 0 Å². The summed E-state index contributed by atoms with van der Waals surface area (Å²) in [6, 6.07) is 11.2. The Hall–Kier alpha value is -2.37. The van der Waals surface area contributed by atoms with E-state index in [0.29, 0.717) is 16.5 Å². The highest BCUT2D eigenvalue weighted by molar-refractivity contribution is 7.17. The smallest absolute Gasteiger partial charge is 0.347 e. The Morgan fingerprint density at radius 2 is 1.68 bits per heavy atom. The standard InChI is InChI=1S/C19H16ClNO3S/c1-10-8-15(9-11(2)16(10)20)24-14-6-4-13(5-7-14)18-21-12(3)17(25-18)19(22)23/h4-9H,1-3H3,(H,22,23). The SMILES string of the molecule is Cc1cc(Oc2ccc(-c3nc(C)c(C(=O)O)s3)cc2)cc(C)c1Cl. The molecule has 3 rings (SSSR count). The van der Waals surface area contributed by atoms with Gasteiger partial charge >= 0.3 is 5.97 Å². The van der Waals surface area contributed by atoms with Gasteiger partial charge in [-0.15, -0.1) is 11.3 Å². The second-order valence-electron chi connectivity index (χ2n) is 5.74. The number of carboxylic acid groups (broad SMARTS) is 1. The lowest BCUT2D eigenvalue weighted by atomic mass is 10.1. The Morgan fingerprint density at radius 3 is 2.20 bits per heavy atom. The Balaban J connectivity index is 1.83. The van der Waals surface area contributed by atoms with Gasteiger partial charge < -0.3 is 9.84 Å². The van der Waals surface area contributed by atoms with E-state index in [1.165, 1.54) is 11.3 Å². The minimum atomic E-state index is -0.949. The van der Waals surface area contributed by atoms with Gasteiger partial charge in [-0.1, -0.05) is 11.6 Å². The Kier molecular flexibility index (Phi) is 4.79. The number of rotatable bonds is 4. The van der Waals surface area contributed by atoms with Crippen molar-refractivity contribution in [3.63, 3.8) is 0 Å². The molecule has 0 aliphatic heterocycles. The van der Waals surface area contributed by atoms with Gasteiger partial charge in [0.1, 0.15) is 21.4 Å². The molecule has 4 nitrogen and oxygen atoms in total. The van der Waals surface area contributed by atoms with Crippen LogP contribution >= 0.6 is 22.9 Å². The minimum absolute atomic E-state index is 0.266. The van der Waals surface area contributed by atoms with Crippen LogP contribution in [0, 0.1) is 20.8 Å². The molecule has 0 spiro atoms. The number of carbonyl (C=O) groups is 1. The van der Waals surface area contributed by atoms with Gasteiger partial charge in [0.25, 0.3) is 0 Å². The maximum atomic E-state index is 11.1. The summed E-state index contributed by atoms with van der Waals surface area (Å²) in [6.07, 6.45) is 0. The van der Waals surface area contributed by atoms with Crippen molar-refractivity contribution in [1.29, 1.82) is 0 Å². The van der Waals surface area contributed by atoms with Gasteiger partial charge in [0.15, 0.2) is 0 Å². The van der Waals surface area contributed by atoms with Crippen LogP contribution in [-0.2, 0) is 0 Å². The van der Waals surface area contributed by atoms with Gasteiger partial charge in [-0.3, -0.25) is 0 Å². The summed E-state index contributed by atoms with van der Waals surface area (Å²) in [7, 11) is 0. The van der Waals surface area contributed by atoms with Crippen LogP contribution in [0.2, 0.25) is 5.02 Å². The van der Waals surface area contributed by atoms with Crippen LogP contribution in [0.25, 0.3) is 10.6 Å². The number of benzene rings is 2. The van der Waals surface area contributed by atoms with Crippen LogP contribution in [-0.4, -0.2) is 16.1 Å². The van der Waals surface area contributed by atoms with E-state index in [-0.39, 0.29) is 4.88 Å². The quantitative estimate of drug-likeness (QED) is 0.620. The van der Waals surface area contributed by atoms with Crippen molar-refractivity contribution in [2.45, 2.75) is 20.8 Å². The fourth-order valence-corrected chi connectivity index (χ4v) is 3.50. The van der Waals surface area contributed by atoms with E-state index in [0.717, 1.165) is 27.5 Å². The summed E-state index contributed by atoms with van der Waals surface area (Å²) in [5.74, 6) is 0.469. The molecule has 0 fully saturated rings. The minimum Gasteiger partial charge on any atom is -0.477 e. The Morgan fingerprint density at radius 1 is 1.08 bits per heavy atom. The van der Waals surface area contributed by atoms with Crippen LogP contribution in [0.4, 0.5) is 0 Å². The molecule has 0 aliphatic rings. The molecule has 0 bridgehead atoms. The number of ether oxygens (including phenoxy) is 1. The highest BCUT2D eigenvalue weighted by Crippen LogP contribution is 2.32. The normalized spacial score (nSPS) is 10.7. The molecular weight excluding hydrogens is 358 g/mol. The first-order chi connectivity index (χ1) is 11.8. The molecule has 3 aromatic rings. The molecule has 1 heterocycles. The molecule has 0 saturated carbocycles. The molecule has 0 atom stereocenters. The van der Waals surface area contributed by atoms with Crippen molar-refractivity contribution in [3.8, 4) is 22.1 Å². The number of halogens is 1. The highest BCUT2D eigenvalue weighted by atomic mass is 35.5. The third-order valence-corrected chi connectivity index (χ3v) is 5.53. The van der Waals surface area contributed by atoms with E-state index in [4.69, 9.17) is 21.4 Å². The molecule has 0 amide bonds. The lowest BCUT2D eigenvalue weighted by Crippen LogP contribution is -1.94. The summed E-state index contributed by atoms with van der Waals surface area (Å²) in [5.41, 5.74) is 3.32. The Labute approximate surface area is 154 Å². The molecule has 1 aromatic heterocycles. The van der Waals surface area contributed by atoms with Crippen LogP contribution in [0.5, 0.6) is 11.5 Å². The average molecular weight is 374 g/mol. The number of carboxylic acids is 1. The first kappa shape index (κ1) is 17.5. The molecule has 0 radical (unpaired) electrons. The van der Waals surface area contributed by atoms with Crippen molar-refractivity contribution >= 4 is 28.9 Å². The third kappa shape index (κ3) is 3.67. The van der Waals surface area contributed by atoms with Gasteiger partial charge in [0.05, 0.1) is 5.69 Å². The second kappa shape index (κ2) is 6.86. The van der Waals surface area contributed by atoms with Gasteiger partial charge in [-0.05, 0) is 68.3 Å². The molecule has 1 N–H and O–H groups in total. The van der Waals surface area contributed by atoms with Gasteiger partial charge in [-0.2, -0.15) is 0 Å². The van der Waals surface area contributed by atoms with E-state index in [1.807, 2.05) is 50.2 Å². The first-order valence-electron chi connectivity index (χ1n) is 7.61. The largest absolute Gasteiger partial charge is 0.477 e. The summed E-state index contributed by atoms with van der Waals surface area (Å²) >= 11 is 7.34. The summed E-state index contributed by atoms with van der Waals surface area (Å²) in [5, 5.41) is 10.6. The van der Waals surface area contributed by atoms with Crippen molar-refractivity contribution < 1.29 is 14.6 Å². The predicted molar refractivity (Wildman–Crippen MR) is 100 cm³/mol. The zero-order chi connectivity index (χ0) is 18.1. The molecule has 0 unspecified atom stereocenters. The summed E-state index contributed by atoms with van der Waals surface area (Å²) in [4.78, 5) is 15.7. The van der Waals surface area contributed by atoms with Crippen LogP contribution < -0.4 is 4.74 Å². The van der Waals surface area contributed by atoms with Crippen molar-refractivity contribution in [3.05, 3.63) is 63.1 Å². The second-order valence-corrected chi connectivity index (χ2v) is 7.11. The fourth-order valence-electron chi connectivity index (χ4n) is 2.49. The lowest BCUT2D eigenvalue weighted by molar-refractivity contribution is 0.0701. The fraction of sp³-hybridized carbons (Fsp3) is 0.158. The Bertz CT molecular complexity index is 925. The number of aryl methyl sites for hydroxylation is 3. The van der Waals surface area contributed by atoms with Crippen molar-refractivity contribution in [1.82, 2.24) is 4.98 Å². The van der Waals surface area contributed by atoms with Gasteiger partial charge in [-0.25, -0.2) is 9.78 Å². The maximum absolute atomic E-state index is 11.1. The topological polar surface area (TPSA) is 59.4 Å². The number of nitrogens with zero attached hydrogens (tertiary/aromatic N) is 1. The number of hydrogen-bond donors (Lipinski definition) is 1. The average Bonchev–Trinajstić information content (AvgIpc) is 2.95. The van der Waals surface area contributed by atoms with E-state index >= 15 is 0 Å². The lowest BCUT2D eigenvalue weighted by Gasteiger charge is -2.10.